The van der Waals surface area contributed by atoms with Gasteiger partial charge in [-0.2, -0.15) is 0 Å². The molecule has 0 aliphatic rings. The highest BCUT2D eigenvalue weighted by atomic mass is 35.5. The van der Waals surface area contributed by atoms with Gasteiger partial charge in [0.25, 0.3) is 0 Å². The molecule has 0 saturated carbocycles. The number of halogens is 1. The summed E-state index contributed by atoms with van der Waals surface area (Å²) in [6, 6.07) is 6.87. The molecule has 1 amide bonds. The van der Waals surface area contributed by atoms with Crippen LogP contribution in [0.3, 0.4) is 0 Å². The molecule has 0 aliphatic heterocycles. The molecule has 2 aromatic heterocycles. The first-order valence-electron chi connectivity index (χ1n) is 5.59. The Hall–Kier alpha value is -2.18. The van der Waals surface area contributed by atoms with E-state index in [0.717, 1.165) is 0 Å². The highest BCUT2D eigenvalue weighted by molar-refractivity contribution is 7.80. The fraction of sp³-hybridized carbons (Fsp3) is 0. The minimum atomic E-state index is -0.376. The average molecular weight is 308 g/mol. The number of amides is 1. The van der Waals surface area contributed by atoms with Crippen molar-refractivity contribution in [2.75, 3.05) is 5.32 Å². The molecule has 0 aliphatic carbocycles. The fourth-order valence-electron chi connectivity index (χ4n) is 1.33. The number of rotatable bonds is 3. The summed E-state index contributed by atoms with van der Waals surface area (Å²) in [6.07, 6.45) is 5.93. The predicted octanol–water partition coefficient (Wildman–Crippen LogP) is 2.85. The van der Waals surface area contributed by atoms with Crippen molar-refractivity contribution >= 4 is 46.6 Å². The molecule has 20 heavy (non-hydrogen) atoms. The van der Waals surface area contributed by atoms with Crippen molar-refractivity contribution in [1.82, 2.24) is 10.3 Å². The summed E-state index contributed by atoms with van der Waals surface area (Å²) >= 11 is 10.9. The minimum absolute atomic E-state index is 0.133. The van der Waals surface area contributed by atoms with E-state index in [1.165, 1.54) is 18.4 Å². The summed E-state index contributed by atoms with van der Waals surface area (Å²) < 4.78 is 5.06. The number of hydrogen-bond acceptors (Lipinski definition) is 4. The molecule has 0 radical (unpaired) electrons. The van der Waals surface area contributed by atoms with Crippen molar-refractivity contribution in [2.24, 2.45) is 0 Å². The number of nitrogens with zero attached hydrogens (tertiary/aromatic N) is 1. The van der Waals surface area contributed by atoms with E-state index in [0.29, 0.717) is 11.4 Å². The van der Waals surface area contributed by atoms with Crippen LogP contribution in [0.2, 0.25) is 5.15 Å². The summed E-state index contributed by atoms with van der Waals surface area (Å²) in [4.78, 5) is 15.5. The Morgan fingerprint density at radius 1 is 1.40 bits per heavy atom. The van der Waals surface area contributed by atoms with Gasteiger partial charge in [0.2, 0.25) is 5.91 Å². The van der Waals surface area contributed by atoms with Crippen LogP contribution in [0.25, 0.3) is 6.08 Å². The third kappa shape index (κ3) is 4.18. The second kappa shape index (κ2) is 6.83. The van der Waals surface area contributed by atoms with Crippen molar-refractivity contribution in [3.05, 3.63) is 53.7 Å². The second-order valence-electron chi connectivity index (χ2n) is 3.63. The summed E-state index contributed by atoms with van der Waals surface area (Å²) in [7, 11) is 0. The lowest BCUT2D eigenvalue weighted by atomic mass is 10.4. The smallest absolute Gasteiger partial charge is 0.250 e. The number of carbonyl (C=O) groups is 1. The van der Waals surface area contributed by atoms with Crippen molar-refractivity contribution < 1.29 is 9.21 Å². The van der Waals surface area contributed by atoms with Gasteiger partial charge in [-0.3, -0.25) is 10.1 Å². The molecular weight excluding hydrogens is 298 g/mol. The molecule has 0 unspecified atom stereocenters. The van der Waals surface area contributed by atoms with E-state index in [2.05, 4.69) is 15.6 Å². The van der Waals surface area contributed by atoms with Gasteiger partial charge >= 0.3 is 0 Å². The monoisotopic (exact) mass is 307 g/mol. The molecule has 0 atom stereocenters. The van der Waals surface area contributed by atoms with Crippen LogP contribution in [0, 0.1) is 0 Å². The van der Waals surface area contributed by atoms with E-state index in [-0.39, 0.29) is 16.2 Å². The molecule has 0 aromatic carbocycles. The van der Waals surface area contributed by atoms with E-state index >= 15 is 0 Å². The number of anilines is 1. The second-order valence-corrected chi connectivity index (χ2v) is 4.40. The van der Waals surface area contributed by atoms with Gasteiger partial charge in [0.05, 0.1) is 12.0 Å². The van der Waals surface area contributed by atoms with Crippen molar-refractivity contribution in [2.45, 2.75) is 0 Å². The van der Waals surface area contributed by atoms with Crippen LogP contribution in [0.4, 0.5) is 5.69 Å². The zero-order chi connectivity index (χ0) is 14.4. The van der Waals surface area contributed by atoms with Gasteiger partial charge < -0.3 is 9.73 Å². The summed E-state index contributed by atoms with van der Waals surface area (Å²) in [6.45, 7) is 0. The third-order valence-corrected chi connectivity index (χ3v) is 2.69. The molecule has 2 rings (SSSR count). The van der Waals surface area contributed by atoms with Crippen LogP contribution in [-0.2, 0) is 4.79 Å². The van der Waals surface area contributed by atoms with Gasteiger partial charge in [0.15, 0.2) is 10.3 Å². The van der Waals surface area contributed by atoms with Crippen LogP contribution in [0.1, 0.15) is 5.76 Å². The number of furan rings is 1. The Kier molecular flexibility index (Phi) is 4.86. The van der Waals surface area contributed by atoms with Gasteiger partial charge in [-0.05, 0) is 42.6 Å². The van der Waals surface area contributed by atoms with Gasteiger partial charge in [-0.25, -0.2) is 4.98 Å². The molecule has 5 nitrogen and oxygen atoms in total. The molecule has 102 valence electrons. The molecule has 0 spiro atoms. The molecule has 2 aromatic rings. The first-order chi connectivity index (χ1) is 9.65. The molecule has 2 N–H and O–H groups in total. The van der Waals surface area contributed by atoms with Gasteiger partial charge in [0, 0.05) is 12.3 Å². The number of thiocarbonyl (C=S) groups is 1. The first kappa shape index (κ1) is 14.2. The van der Waals surface area contributed by atoms with E-state index in [9.17, 15) is 4.79 Å². The summed E-state index contributed by atoms with van der Waals surface area (Å²) in [5.41, 5.74) is 0.523. The SMILES string of the molecule is O=C(/C=C/c1ccco1)NC(=S)Nc1cccnc1Cl. The zero-order valence-corrected chi connectivity index (χ0v) is 11.7. The maximum Gasteiger partial charge on any atom is 0.250 e. The molecule has 2 heterocycles. The summed E-state index contributed by atoms with van der Waals surface area (Å²) in [5.74, 6) is 0.202. The standard InChI is InChI=1S/C13H10ClN3O2S/c14-12-10(4-1-7-15-12)16-13(20)17-11(18)6-5-9-3-2-8-19-9/h1-8H,(H2,16,17,18,20)/b6-5+. The molecule has 0 saturated heterocycles. The number of hydrogen-bond donors (Lipinski definition) is 2. The van der Waals surface area contributed by atoms with E-state index in [1.807, 2.05) is 0 Å². The van der Waals surface area contributed by atoms with E-state index < -0.39 is 0 Å². The van der Waals surface area contributed by atoms with Crippen LogP contribution in [0.15, 0.2) is 47.2 Å². The maximum atomic E-state index is 11.6. The first-order valence-corrected chi connectivity index (χ1v) is 6.38. The van der Waals surface area contributed by atoms with E-state index in [4.69, 9.17) is 28.2 Å². The predicted molar refractivity (Wildman–Crippen MR) is 81.4 cm³/mol. The van der Waals surface area contributed by atoms with Crippen LogP contribution in [-0.4, -0.2) is 16.0 Å². The Morgan fingerprint density at radius 3 is 2.95 bits per heavy atom. The van der Waals surface area contributed by atoms with Gasteiger partial charge in [0.1, 0.15) is 5.76 Å². The third-order valence-electron chi connectivity index (χ3n) is 2.19. The van der Waals surface area contributed by atoms with Crippen LogP contribution >= 0.6 is 23.8 Å². The Morgan fingerprint density at radius 2 is 2.25 bits per heavy atom. The highest BCUT2D eigenvalue weighted by Gasteiger charge is 2.04. The van der Waals surface area contributed by atoms with Crippen molar-refractivity contribution in [3.8, 4) is 0 Å². The summed E-state index contributed by atoms with van der Waals surface area (Å²) in [5, 5.41) is 5.67. The lowest BCUT2D eigenvalue weighted by Crippen LogP contribution is -2.32. The Bertz CT molecular complexity index is 641. The number of nitrogens with one attached hydrogen (secondary N) is 2. The molecule has 7 heteroatoms. The molecule has 0 fully saturated rings. The fourth-order valence-corrected chi connectivity index (χ4v) is 1.71. The molecular formula is C13H10ClN3O2S. The molecule has 0 bridgehead atoms. The quantitative estimate of drug-likeness (QED) is 0.518. The topological polar surface area (TPSA) is 67.2 Å². The number of pyridine rings is 1. The lowest BCUT2D eigenvalue weighted by molar-refractivity contribution is -0.115. The number of aromatic nitrogens is 1. The maximum absolute atomic E-state index is 11.6. The Balaban J connectivity index is 1.88. The normalized spacial score (nSPS) is 10.4. The minimum Gasteiger partial charge on any atom is -0.465 e. The van der Waals surface area contributed by atoms with Gasteiger partial charge in [-0.1, -0.05) is 11.6 Å². The van der Waals surface area contributed by atoms with Crippen LogP contribution < -0.4 is 10.6 Å². The highest BCUT2D eigenvalue weighted by Crippen LogP contribution is 2.16. The van der Waals surface area contributed by atoms with Crippen molar-refractivity contribution in [3.63, 3.8) is 0 Å². The average Bonchev–Trinajstić information content (AvgIpc) is 2.92. The van der Waals surface area contributed by atoms with Gasteiger partial charge in [-0.15, -0.1) is 0 Å². The lowest BCUT2D eigenvalue weighted by Gasteiger charge is -2.08. The largest absolute Gasteiger partial charge is 0.465 e. The van der Waals surface area contributed by atoms with Crippen LogP contribution in [0.5, 0.6) is 0 Å². The zero-order valence-electron chi connectivity index (χ0n) is 10.2. The Labute approximate surface area is 125 Å². The van der Waals surface area contributed by atoms with E-state index in [1.54, 1.807) is 30.5 Å². The van der Waals surface area contributed by atoms with Crippen molar-refractivity contribution in [1.29, 1.82) is 0 Å². The number of carbonyl (C=O) groups excluding carboxylic acids is 1.